The van der Waals surface area contributed by atoms with Crippen molar-refractivity contribution in [3.8, 4) is 5.75 Å². The molecule has 1 aromatic rings. The number of carbonyl (C=O) groups excluding carboxylic acids is 1. The lowest BCUT2D eigenvalue weighted by Crippen LogP contribution is -2.42. The molecule has 0 bridgehead atoms. The number of aliphatic hydroxyl groups excluding tert-OH is 1. The number of aliphatic hydroxyl groups is 1. The lowest BCUT2D eigenvalue weighted by Gasteiger charge is -2.30. The number of ether oxygens (including phenoxy) is 1. The molecule has 6 heteroatoms. The summed E-state index contributed by atoms with van der Waals surface area (Å²) in [7, 11) is 1.68. The number of nitrogens with zero attached hydrogens (tertiary/aromatic N) is 2. The molecule has 1 aromatic carbocycles. The maximum atomic E-state index is 12.7. The zero-order valence-electron chi connectivity index (χ0n) is 22.1. The second-order valence-corrected chi connectivity index (χ2v) is 9.05. The van der Waals surface area contributed by atoms with E-state index >= 15 is 0 Å². The van der Waals surface area contributed by atoms with Gasteiger partial charge in [-0.05, 0) is 56.2 Å². The Labute approximate surface area is 208 Å². The van der Waals surface area contributed by atoms with Crippen molar-refractivity contribution in [1.82, 2.24) is 15.1 Å². The summed E-state index contributed by atoms with van der Waals surface area (Å²) in [4.78, 5) is 16.8. The van der Waals surface area contributed by atoms with Gasteiger partial charge in [-0.3, -0.25) is 9.69 Å². The molecule has 34 heavy (non-hydrogen) atoms. The molecule has 1 atom stereocenters. The molecule has 1 saturated heterocycles. The van der Waals surface area contributed by atoms with Crippen molar-refractivity contribution in [2.75, 3.05) is 46.6 Å². The first-order valence-corrected chi connectivity index (χ1v) is 13.1. The summed E-state index contributed by atoms with van der Waals surface area (Å²) in [6.45, 7) is 14.8. The van der Waals surface area contributed by atoms with Gasteiger partial charge in [0.25, 0.3) is 0 Å². The standard InChI is InChI=1S/C19H31NO2.C9H18N2O/c1-5-8-17(7-3)19(21)20(14-6-2)15-13-16-9-11-18(22-4)12-10-16;1-2-5-10-9-3-6-11(8-12)7-4-9/h9-12,17H,5-8,13-15H2,1-4H3;2,9-10,12H,1,3-8H2. The quantitative estimate of drug-likeness (QED) is 0.389. The van der Waals surface area contributed by atoms with Crippen molar-refractivity contribution in [2.45, 2.75) is 71.8 Å². The van der Waals surface area contributed by atoms with Gasteiger partial charge < -0.3 is 20.1 Å². The molecule has 1 heterocycles. The van der Waals surface area contributed by atoms with Crippen molar-refractivity contribution in [1.29, 1.82) is 0 Å². The third kappa shape index (κ3) is 11.5. The van der Waals surface area contributed by atoms with Crippen LogP contribution in [-0.4, -0.2) is 73.4 Å². The van der Waals surface area contributed by atoms with E-state index in [0.717, 1.165) is 83.4 Å². The van der Waals surface area contributed by atoms with E-state index in [9.17, 15) is 4.79 Å². The lowest BCUT2D eigenvalue weighted by atomic mass is 9.98. The molecule has 0 radical (unpaired) electrons. The largest absolute Gasteiger partial charge is 0.497 e. The minimum absolute atomic E-state index is 0.187. The van der Waals surface area contributed by atoms with Gasteiger partial charge in [-0.1, -0.05) is 45.4 Å². The Bertz CT molecular complexity index is 657. The number of amides is 1. The third-order valence-corrected chi connectivity index (χ3v) is 6.45. The molecule has 1 aliphatic rings. The molecular weight excluding hydrogens is 426 g/mol. The predicted octanol–water partition coefficient (Wildman–Crippen LogP) is 4.48. The molecule has 0 aromatic heterocycles. The van der Waals surface area contributed by atoms with E-state index < -0.39 is 0 Å². The summed E-state index contributed by atoms with van der Waals surface area (Å²) in [6, 6.07) is 8.74. The molecule has 1 amide bonds. The Morgan fingerprint density at radius 3 is 2.38 bits per heavy atom. The Balaban J connectivity index is 0.000000404. The first kappa shape index (κ1) is 30.1. The van der Waals surface area contributed by atoms with E-state index in [4.69, 9.17) is 9.84 Å². The van der Waals surface area contributed by atoms with Gasteiger partial charge in [0.2, 0.25) is 5.91 Å². The van der Waals surface area contributed by atoms with Crippen LogP contribution in [0, 0.1) is 5.92 Å². The molecule has 194 valence electrons. The minimum atomic E-state index is 0.187. The Hall–Kier alpha value is -1.89. The smallest absolute Gasteiger partial charge is 0.225 e. The van der Waals surface area contributed by atoms with Crippen LogP contribution < -0.4 is 10.1 Å². The van der Waals surface area contributed by atoms with Crippen LogP contribution in [0.2, 0.25) is 0 Å². The highest BCUT2D eigenvalue weighted by molar-refractivity contribution is 5.78. The SMILES string of the molecule is C=CCNC1CCN(CO)CC1.CCCC(CC)C(=O)N(CCC)CCc1ccc(OC)cc1. The fourth-order valence-corrected chi connectivity index (χ4v) is 4.30. The molecule has 1 fully saturated rings. The highest BCUT2D eigenvalue weighted by Crippen LogP contribution is 2.17. The van der Waals surface area contributed by atoms with Gasteiger partial charge in [-0.15, -0.1) is 6.58 Å². The maximum absolute atomic E-state index is 12.7. The van der Waals surface area contributed by atoms with Crippen molar-refractivity contribution in [3.05, 3.63) is 42.5 Å². The molecular formula is C28H49N3O3. The van der Waals surface area contributed by atoms with Crippen molar-refractivity contribution in [2.24, 2.45) is 5.92 Å². The number of hydrogen-bond acceptors (Lipinski definition) is 5. The fraction of sp³-hybridized carbons (Fsp3) is 0.679. The molecule has 0 aliphatic carbocycles. The molecule has 6 nitrogen and oxygen atoms in total. The van der Waals surface area contributed by atoms with Gasteiger partial charge in [-0.25, -0.2) is 0 Å². The van der Waals surface area contributed by atoms with E-state index in [0.29, 0.717) is 11.9 Å². The molecule has 0 spiro atoms. The normalized spacial score (nSPS) is 15.2. The van der Waals surface area contributed by atoms with E-state index in [2.05, 4.69) is 49.7 Å². The summed E-state index contributed by atoms with van der Waals surface area (Å²) in [5, 5.41) is 12.2. The monoisotopic (exact) mass is 475 g/mol. The number of carbonyl (C=O) groups is 1. The third-order valence-electron chi connectivity index (χ3n) is 6.45. The first-order chi connectivity index (χ1) is 16.5. The van der Waals surface area contributed by atoms with Crippen LogP contribution in [0.25, 0.3) is 0 Å². The van der Waals surface area contributed by atoms with Crippen LogP contribution in [0.1, 0.15) is 64.9 Å². The van der Waals surface area contributed by atoms with Crippen LogP contribution in [0.4, 0.5) is 0 Å². The number of piperidine rings is 1. The van der Waals surface area contributed by atoms with Crippen molar-refractivity contribution < 1.29 is 14.6 Å². The number of hydrogen-bond donors (Lipinski definition) is 2. The molecule has 2 rings (SSSR count). The van der Waals surface area contributed by atoms with Gasteiger partial charge in [0, 0.05) is 44.7 Å². The van der Waals surface area contributed by atoms with Gasteiger partial charge in [0.15, 0.2) is 0 Å². The van der Waals surface area contributed by atoms with Gasteiger partial charge in [0.1, 0.15) is 5.75 Å². The summed E-state index contributed by atoms with van der Waals surface area (Å²) in [6.07, 6.45) is 9.08. The highest BCUT2D eigenvalue weighted by atomic mass is 16.5. The minimum Gasteiger partial charge on any atom is -0.497 e. The number of methoxy groups -OCH3 is 1. The zero-order valence-corrected chi connectivity index (χ0v) is 22.1. The summed E-state index contributed by atoms with van der Waals surface area (Å²) in [5.41, 5.74) is 1.25. The highest BCUT2D eigenvalue weighted by Gasteiger charge is 2.21. The number of benzene rings is 1. The van der Waals surface area contributed by atoms with Gasteiger partial charge >= 0.3 is 0 Å². The average molecular weight is 476 g/mol. The van der Waals surface area contributed by atoms with E-state index in [1.54, 1.807) is 7.11 Å². The van der Waals surface area contributed by atoms with E-state index in [-0.39, 0.29) is 12.6 Å². The first-order valence-electron chi connectivity index (χ1n) is 13.1. The maximum Gasteiger partial charge on any atom is 0.225 e. The van der Waals surface area contributed by atoms with Gasteiger partial charge in [-0.2, -0.15) is 0 Å². The van der Waals surface area contributed by atoms with Crippen LogP contribution in [0.15, 0.2) is 36.9 Å². The number of likely N-dealkylation sites (tertiary alicyclic amines) is 1. The summed E-state index contributed by atoms with van der Waals surface area (Å²) < 4.78 is 5.18. The lowest BCUT2D eigenvalue weighted by molar-refractivity contribution is -0.136. The second-order valence-electron chi connectivity index (χ2n) is 9.05. The van der Waals surface area contributed by atoms with Crippen LogP contribution in [0.5, 0.6) is 5.75 Å². The summed E-state index contributed by atoms with van der Waals surface area (Å²) in [5.74, 6) is 1.39. The number of nitrogens with one attached hydrogen (secondary N) is 1. The molecule has 1 aliphatic heterocycles. The average Bonchev–Trinajstić information content (AvgIpc) is 2.89. The van der Waals surface area contributed by atoms with Crippen molar-refractivity contribution in [3.63, 3.8) is 0 Å². The van der Waals surface area contributed by atoms with Gasteiger partial charge in [0.05, 0.1) is 13.8 Å². The number of rotatable bonds is 14. The predicted molar refractivity (Wildman–Crippen MR) is 142 cm³/mol. The van der Waals surface area contributed by atoms with Crippen LogP contribution >= 0.6 is 0 Å². The molecule has 0 saturated carbocycles. The molecule has 1 unspecified atom stereocenters. The van der Waals surface area contributed by atoms with Crippen LogP contribution in [0.3, 0.4) is 0 Å². The Kier molecular flexibility index (Phi) is 16.3. The Morgan fingerprint density at radius 1 is 1.21 bits per heavy atom. The molecule has 2 N–H and O–H groups in total. The van der Waals surface area contributed by atoms with E-state index in [1.807, 2.05) is 23.1 Å². The van der Waals surface area contributed by atoms with Crippen molar-refractivity contribution >= 4 is 5.91 Å². The second kappa shape index (κ2) is 18.4. The van der Waals surface area contributed by atoms with E-state index in [1.165, 1.54) is 5.56 Å². The fourth-order valence-electron chi connectivity index (χ4n) is 4.30. The summed E-state index contributed by atoms with van der Waals surface area (Å²) >= 11 is 0. The zero-order chi connectivity index (χ0) is 25.2. The Morgan fingerprint density at radius 2 is 1.88 bits per heavy atom. The van der Waals surface area contributed by atoms with Crippen LogP contribution in [-0.2, 0) is 11.2 Å². The topological polar surface area (TPSA) is 65.0 Å².